The molecule has 0 bridgehead atoms. The van der Waals surface area contributed by atoms with Crippen molar-refractivity contribution < 1.29 is 38.5 Å². The summed E-state index contributed by atoms with van der Waals surface area (Å²) in [5.41, 5.74) is -1.61. The van der Waals surface area contributed by atoms with Gasteiger partial charge < -0.3 is 35.3 Å². The maximum atomic E-state index is 12.5. The van der Waals surface area contributed by atoms with E-state index in [-0.39, 0.29) is 39.1 Å². The normalized spacial score (nSPS) is 11.2. The van der Waals surface area contributed by atoms with E-state index in [9.17, 15) is 24.3 Å². The summed E-state index contributed by atoms with van der Waals surface area (Å²) in [6.45, 7) is 4.34. The molecule has 0 heterocycles. The summed E-state index contributed by atoms with van der Waals surface area (Å²) < 4.78 is 15.5. The Morgan fingerprint density at radius 3 is 1.55 bits per heavy atom. The van der Waals surface area contributed by atoms with E-state index in [4.69, 9.17) is 37.4 Å². The molecule has 0 aromatic heterocycles. The van der Waals surface area contributed by atoms with Crippen LogP contribution in [0.4, 0.5) is 14.4 Å². The highest BCUT2D eigenvalue weighted by Crippen LogP contribution is 2.19. The molecule has 0 radical (unpaired) electrons. The third-order valence-electron chi connectivity index (χ3n) is 5.43. The van der Waals surface area contributed by atoms with Gasteiger partial charge in [-0.25, -0.2) is 19.2 Å². The molecule has 0 atom stereocenters. The maximum absolute atomic E-state index is 12.5. The molecule has 11 nitrogen and oxygen atoms in total. The van der Waals surface area contributed by atoms with Gasteiger partial charge in [-0.2, -0.15) is 0 Å². The van der Waals surface area contributed by atoms with Crippen molar-refractivity contribution in [2.45, 2.75) is 58.0 Å². The lowest BCUT2D eigenvalue weighted by molar-refractivity contribution is -0.145. The van der Waals surface area contributed by atoms with Crippen LogP contribution in [0.25, 0.3) is 0 Å². The zero-order valence-corrected chi connectivity index (χ0v) is 23.9. The quantitative estimate of drug-likeness (QED) is 0.241. The molecule has 0 aliphatic carbocycles. The van der Waals surface area contributed by atoms with Crippen molar-refractivity contribution >= 4 is 47.5 Å². The molecular formula is C27H33Cl2N3O8. The van der Waals surface area contributed by atoms with E-state index < -0.39 is 35.4 Å². The number of halogens is 2. The lowest BCUT2D eigenvalue weighted by Gasteiger charge is -2.32. The van der Waals surface area contributed by atoms with Crippen LogP contribution < -0.4 is 16.0 Å². The first-order valence-electron chi connectivity index (χ1n) is 12.3. The molecule has 2 aromatic carbocycles. The van der Waals surface area contributed by atoms with Crippen LogP contribution in [0.1, 0.15) is 44.7 Å². The van der Waals surface area contributed by atoms with Crippen LogP contribution in [0.15, 0.2) is 48.5 Å². The average molecular weight is 598 g/mol. The Morgan fingerprint density at radius 2 is 1.18 bits per heavy atom. The van der Waals surface area contributed by atoms with Crippen LogP contribution in [-0.2, 0) is 32.2 Å². The van der Waals surface area contributed by atoms with E-state index >= 15 is 0 Å². The third kappa shape index (κ3) is 11.2. The fourth-order valence-electron chi connectivity index (χ4n) is 3.39. The predicted octanol–water partition coefficient (Wildman–Crippen LogP) is 5.27. The van der Waals surface area contributed by atoms with Crippen LogP contribution in [0, 0.1) is 0 Å². The summed E-state index contributed by atoms with van der Waals surface area (Å²) in [7, 11) is 0. The molecule has 4 N–H and O–H groups in total. The Balaban J connectivity index is 1.99. The van der Waals surface area contributed by atoms with Gasteiger partial charge in [0.25, 0.3) is 0 Å². The SMILES string of the molecule is CC(C)(C)OC(=O)NC(CCNC(=O)OCc1ccccc1Cl)(CCNC(=O)OCc1ccccc1Cl)C(=O)O. The number of carboxylic acids is 1. The smallest absolute Gasteiger partial charge is 0.408 e. The predicted molar refractivity (Wildman–Crippen MR) is 148 cm³/mol. The molecule has 0 unspecified atom stereocenters. The topological polar surface area (TPSA) is 152 Å². The van der Waals surface area contributed by atoms with E-state index in [0.29, 0.717) is 21.2 Å². The molecule has 0 saturated heterocycles. The van der Waals surface area contributed by atoms with Crippen LogP contribution in [0.3, 0.4) is 0 Å². The molecule has 0 aliphatic heterocycles. The largest absolute Gasteiger partial charge is 0.480 e. The van der Waals surface area contributed by atoms with Gasteiger partial charge in [0.1, 0.15) is 24.4 Å². The van der Waals surface area contributed by atoms with Crippen molar-refractivity contribution in [1.29, 1.82) is 0 Å². The third-order valence-corrected chi connectivity index (χ3v) is 6.16. The Labute approximate surface area is 242 Å². The average Bonchev–Trinajstić information content (AvgIpc) is 2.86. The van der Waals surface area contributed by atoms with Gasteiger partial charge in [-0.1, -0.05) is 59.6 Å². The molecule has 0 aliphatic rings. The van der Waals surface area contributed by atoms with Crippen molar-refractivity contribution in [3.05, 3.63) is 69.7 Å². The second-order valence-corrected chi connectivity index (χ2v) is 10.5. The summed E-state index contributed by atoms with van der Waals surface area (Å²) in [5.74, 6) is -1.39. The molecular weight excluding hydrogens is 565 g/mol. The minimum atomic E-state index is -1.91. The molecule has 218 valence electrons. The number of carboxylic acid groups (broad SMARTS) is 1. The first kappa shape index (κ1) is 32.5. The summed E-state index contributed by atoms with van der Waals surface area (Å²) in [5, 5.41) is 18.2. The summed E-state index contributed by atoms with van der Waals surface area (Å²) in [4.78, 5) is 49.3. The fourth-order valence-corrected chi connectivity index (χ4v) is 3.77. The van der Waals surface area contributed by atoms with Crippen LogP contribution in [0.2, 0.25) is 10.0 Å². The summed E-state index contributed by atoms with van der Waals surface area (Å²) in [6.07, 6.45) is -3.09. The van der Waals surface area contributed by atoms with E-state index in [1.807, 2.05) is 0 Å². The van der Waals surface area contributed by atoms with E-state index in [1.54, 1.807) is 69.3 Å². The number of carbonyl (C=O) groups is 4. The molecule has 0 saturated carbocycles. The van der Waals surface area contributed by atoms with Crippen molar-refractivity contribution in [1.82, 2.24) is 16.0 Å². The highest BCUT2D eigenvalue weighted by Gasteiger charge is 2.41. The molecule has 3 amide bonds. The first-order chi connectivity index (χ1) is 18.8. The number of hydrogen-bond donors (Lipinski definition) is 4. The number of nitrogens with one attached hydrogen (secondary N) is 3. The molecule has 2 aromatic rings. The van der Waals surface area contributed by atoms with Gasteiger partial charge in [-0.15, -0.1) is 0 Å². The minimum absolute atomic E-state index is 0.0913. The number of amides is 3. The van der Waals surface area contributed by atoms with Crippen molar-refractivity contribution in [3.8, 4) is 0 Å². The second kappa shape index (κ2) is 15.2. The second-order valence-electron chi connectivity index (χ2n) is 9.70. The highest BCUT2D eigenvalue weighted by molar-refractivity contribution is 6.31. The molecule has 40 heavy (non-hydrogen) atoms. The van der Waals surface area contributed by atoms with E-state index in [2.05, 4.69) is 16.0 Å². The zero-order chi connectivity index (χ0) is 29.8. The number of alkyl carbamates (subject to hydrolysis) is 3. The van der Waals surface area contributed by atoms with Crippen molar-refractivity contribution in [2.24, 2.45) is 0 Å². The number of hydrogen-bond acceptors (Lipinski definition) is 7. The fraction of sp³-hybridized carbons (Fsp3) is 0.407. The van der Waals surface area contributed by atoms with Crippen LogP contribution >= 0.6 is 23.2 Å². The Morgan fingerprint density at radius 1 is 0.750 bits per heavy atom. The monoisotopic (exact) mass is 597 g/mol. The van der Waals surface area contributed by atoms with E-state index in [1.165, 1.54) is 0 Å². The van der Waals surface area contributed by atoms with Gasteiger partial charge in [-0.05, 0) is 45.7 Å². The maximum Gasteiger partial charge on any atom is 0.408 e. The van der Waals surface area contributed by atoms with Gasteiger partial charge in [0.15, 0.2) is 0 Å². The lowest BCUT2D eigenvalue weighted by atomic mass is 9.91. The first-order valence-corrected chi connectivity index (χ1v) is 13.1. The van der Waals surface area contributed by atoms with Crippen LogP contribution in [-0.4, -0.2) is 53.6 Å². The number of carbonyl (C=O) groups excluding carboxylic acids is 3. The van der Waals surface area contributed by atoms with Gasteiger partial charge in [-0.3, -0.25) is 0 Å². The van der Waals surface area contributed by atoms with Gasteiger partial charge in [0.2, 0.25) is 0 Å². The Bertz CT molecular complexity index is 1120. The number of aliphatic carboxylic acids is 1. The number of rotatable bonds is 12. The van der Waals surface area contributed by atoms with Gasteiger partial charge in [0.05, 0.1) is 0 Å². The highest BCUT2D eigenvalue weighted by atomic mass is 35.5. The number of benzene rings is 2. The van der Waals surface area contributed by atoms with Gasteiger partial charge >= 0.3 is 24.2 Å². The van der Waals surface area contributed by atoms with Crippen molar-refractivity contribution in [3.63, 3.8) is 0 Å². The molecule has 13 heteroatoms. The molecule has 0 spiro atoms. The Kier molecular flexibility index (Phi) is 12.3. The minimum Gasteiger partial charge on any atom is -0.480 e. The molecule has 0 fully saturated rings. The van der Waals surface area contributed by atoms with E-state index in [0.717, 1.165) is 0 Å². The lowest BCUT2D eigenvalue weighted by Crippen LogP contribution is -2.58. The zero-order valence-electron chi connectivity index (χ0n) is 22.4. The van der Waals surface area contributed by atoms with Crippen LogP contribution in [0.5, 0.6) is 0 Å². The van der Waals surface area contributed by atoms with Crippen molar-refractivity contribution in [2.75, 3.05) is 13.1 Å². The summed E-state index contributed by atoms with van der Waals surface area (Å²) >= 11 is 12.1. The molecule has 2 rings (SSSR count). The number of ether oxygens (including phenoxy) is 3. The standard InChI is InChI=1S/C27H33Cl2N3O8/c1-26(2,3)40-25(37)32-27(22(33)34,12-14-30-23(35)38-16-18-8-4-6-10-20(18)28)13-15-31-24(36)39-17-19-9-5-7-11-21(19)29/h4-11H,12-17H2,1-3H3,(H,30,35)(H,31,36)(H,32,37)(H,33,34). The summed E-state index contributed by atoms with van der Waals surface area (Å²) in [6, 6.07) is 13.7. The van der Waals surface area contributed by atoms with Gasteiger partial charge in [0, 0.05) is 34.3 Å². The Hall–Kier alpha value is -3.70.